The van der Waals surface area contributed by atoms with E-state index in [1.54, 1.807) is 12.4 Å². The number of aromatic nitrogens is 1. The number of carboxylic acid groups (broad SMARTS) is 1. The van der Waals surface area contributed by atoms with Crippen LogP contribution < -0.4 is 5.32 Å². The molecule has 144 valence electrons. The van der Waals surface area contributed by atoms with Gasteiger partial charge >= 0.3 is 5.97 Å². The summed E-state index contributed by atoms with van der Waals surface area (Å²) in [5.41, 5.74) is 2.44. The third-order valence-corrected chi connectivity index (χ3v) is 4.36. The SMILES string of the molecule is O=C(O)CNC(=O)C1=C(O)CCN(Cc2ccc(-c3cccnc3)cc2)C1=O. The van der Waals surface area contributed by atoms with Crippen molar-refractivity contribution in [2.24, 2.45) is 0 Å². The van der Waals surface area contributed by atoms with Gasteiger partial charge in [-0.3, -0.25) is 19.4 Å². The van der Waals surface area contributed by atoms with Crippen LogP contribution in [0.2, 0.25) is 0 Å². The summed E-state index contributed by atoms with van der Waals surface area (Å²) in [6.07, 6.45) is 3.60. The summed E-state index contributed by atoms with van der Waals surface area (Å²) in [4.78, 5) is 40.8. The molecule has 0 saturated carbocycles. The van der Waals surface area contributed by atoms with Gasteiger partial charge in [-0.25, -0.2) is 0 Å². The highest BCUT2D eigenvalue weighted by atomic mass is 16.4. The molecule has 8 heteroatoms. The molecule has 0 saturated heterocycles. The Morgan fingerprint density at radius 3 is 2.54 bits per heavy atom. The molecule has 0 radical (unpaired) electrons. The maximum atomic E-state index is 12.6. The minimum Gasteiger partial charge on any atom is -0.511 e. The summed E-state index contributed by atoms with van der Waals surface area (Å²) < 4.78 is 0. The van der Waals surface area contributed by atoms with Gasteiger partial charge in [-0.1, -0.05) is 30.3 Å². The van der Waals surface area contributed by atoms with Gasteiger partial charge in [0.05, 0.1) is 0 Å². The molecule has 2 aromatic rings. The van der Waals surface area contributed by atoms with E-state index in [2.05, 4.69) is 10.3 Å². The van der Waals surface area contributed by atoms with Gasteiger partial charge in [0.15, 0.2) is 0 Å². The number of pyridine rings is 1. The fourth-order valence-electron chi connectivity index (χ4n) is 2.93. The van der Waals surface area contributed by atoms with E-state index in [0.717, 1.165) is 16.7 Å². The van der Waals surface area contributed by atoms with Crippen molar-refractivity contribution in [3.63, 3.8) is 0 Å². The summed E-state index contributed by atoms with van der Waals surface area (Å²) in [5.74, 6) is -3.07. The highest BCUT2D eigenvalue weighted by Gasteiger charge is 2.32. The van der Waals surface area contributed by atoms with E-state index in [1.807, 2.05) is 36.4 Å². The third kappa shape index (κ3) is 4.35. The first-order valence-electron chi connectivity index (χ1n) is 8.66. The number of rotatable bonds is 6. The number of carbonyl (C=O) groups excluding carboxylic acids is 2. The fraction of sp³-hybridized carbons (Fsp3) is 0.200. The number of nitrogens with zero attached hydrogens (tertiary/aromatic N) is 2. The Hall–Kier alpha value is -3.68. The highest BCUT2D eigenvalue weighted by molar-refractivity contribution is 6.19. The molecule has 1 aliphatic rings. The van der Waals surface area contributed by atoms with Crippen molar-refractivity contribution in [3.8, 4) is 11.1 Å². The quantitative estimate of drug-likeness (QED) is 0.652. The number of aliphatic carboxylic acids is 1. The summed E-state index contributed by atoms with van der Waals surface area (Å²) in [5, 5.41) is 20.7. The minimum absolute atomic E-state index is 0.134. The molecular formula is C20H19N3O5. The van der Waals surface area contributed by atoms with Crippen molar-refractivity contribution in [1.82, 2.24) is 15.2 Å². The molecule has 8 nitrogen and oxygen atoms in total. The van der Waals surface area contributed by atoms with Crippen molar-refractivity contribution in [3.05, 3.63) is 65.7 Å². The van der Waals surface area contributed by atoms with E-state index in [0.29, 0.717) is 0 Å². The number of nitrogens with one attached hydrogen (secondary N) is 1. The predicted octanol–water partition coefficient (Wildman–Crippen LogP) is 1.49. The first-order valence-corrected chi connectivity index (χ1v) is 8.66. The summed E-state index contributed by atoms with van der Waals surface area (Å²) in [7, 11) is 0. The van der Waals surface area contributed by atoms with Crippen LogP contribution in [-0.2, 0) is 20.9 Å². The average molecular weight is 381 g/mol. The molecule has 2 heterocycles. The zero-order chi connectivity index (χ0) is 20.1. The Kier molecular flexibility index (Phi) is 5.69. The smallest absolute Gasteiger partial charge is 0.322 e. The third-order valence-electron chi connectivity index (χ3n) is 4.36. The second-order valence-electron chi connectivity index (χ2n) is 6.31. The van der Waals surface area contributed by atoms with Crippen LogP contribution in [0.5, 0.6) is 0 Å². The molecule has 3 rings (SSSR count). The highest BCUT2D eigenvalue weighted by Crippen LogP contribution is 2.22. The molecule has 1 aromatic carbocycles. The zero-order valence-electron chi connectivity index (χ0n) is 15.0. The molecular weight excluding hydrogens is 362 g/mol. The van der Waals surface area contributed by atoms with E-state index in [-0.39, 0.29) is 25.3 Å². The Balaban J connectivity index is 1.70. The monoisotopic (exact) mass is 381 g/mol. The van der Waals surface area contributed by atoms with Crippen molar-refractivity contribution in [2.45, 2.75) is 13.0 Å². The molecule has 28 heavy (non-hydrogen) atoms. The van der Waals surface area contributed by atoms with E-state index < -0.39 is 29.9 Å². The lowest BCUT2D eigenvalue weighted by Crippen LogP contribution is -2.43. The lowest BCUT2D eigenvalue weighted by molar-refractivity contribution is -0.138. The number of amides is 2. The van der Waals surface area contributed by atoms with E-state index in [9.17, 15) is 19.5 Å². The van der Waals surface area contributed by atoms with Crippen LogP contribution >= 0.6 is 0 Å². The predicted molar refractivity (Wildman–Crippen MR) is 100 cm³/mol. The largest absolute Gasteiger partial charge is 0.511 e. The van der Waals surface area contributed by atoms with E-state index >= 15 is 0 Å². The summed E-state index contributed by atoms with van der Waals surface area (Å²) >= 11 is 0. The van der Waals surface area contributed by atoms with E-state index in [4.69, 9.17) is 5.11 Å². The van der Waals surface area contributed by atoms with Gasteiger partial charge < -0.3 is 20.4 Å². The van der Waals surface area contributed by atoms with Crippen LogP contribution in [0.15, 0.2) is 60.1 Å². The number of hydrogen-bond donors (Lipinski definition) is 3. The second-order valence-corrected chi connectivity index (χ2v) is 6.31. The molecule has 2 amide bonds. The number of aliphatic hydroxyl groups is 1. The first-order chi connectivity index (χ1) is 13.5. The second kappa shape index (κ2) is 8.34. The standard InChI is InChI=1S/C20H19N3O5/c24-16-7-9-23(20(28)18(16)19(27)22-11-17(25)26)12-13-3-5-14(6-4-13)15-2-1-8-21-10-15/h1-6,8,10,24H,7,9,11-12H2,(H,22,27)(H,25,26). The Bertz CT molecular complexity index is 923. The van der Waals surface area contributed by atoms with Crippen LogP contribution in [0.3, 0.4) is 0 Å². The van der Waals surface area contributed by atoms with Crippen LogP contribution in [-0.4, -0.2) is 51.0 Å². The lowest BCUT2D eigenvalue weighted by atomic mass is 10.0. The van der Waals surface area contributed by atoms with Crippen LogP contribution in [0.25, 0.3) is 11.1 Å². The summed E-state index contributed by atoms with van der Waals surface area (Å²) in [6, 6.07) is 11.4. The van der Waals surface area contributed by atoms with Crippen LogP contribution in [0.4, 0.5) is 0 Å². The number of carboxylic acids is 1. The summed E-state index contributed by atoms with van der Waals surface area (Å²) in [6.45, 7) is -0.0847. The number of hydrogen-bond acceptors (Lipinski definition) is 5. The van der Waals surface area contributed by atoms with Gasteiger partial charge in [0, 0.05) is 31.9 Å². The molecule has 0 fully saturated rings. The maximum absolute atomic E-state index is 12.6. The zero-order valence-corrected chi connectivity index (χ0v) is 15.0. The number of aliphatic hydroxyl groups excluding tert-OH is 1. The fourth-order valence-corrected chi connectivity index (χ4v) is 2.93. The van der Waals surface area contributed by atoms with Gasteiger partial charge in [-0.05, 0) is 22.8 Å². The van der Waals surface area contributed by atoms with Gasteiger partial charge in [0.1, 0.15) is 17.9 Å². The molecule has 0 unspecified atom stereocenters. The Morgan fingerprint density at radius 1 is 1.14 bits per heavy atom. The lowest BCUT2D eigenvalue weighted by Gasteiger charge is -2.28. The molecule has 1 aliphatic heterocycles. The molecule has 0 aliphatic carbocycles. The van der Waals surface area contributed by atoms with Crippen molar-refractivity contribution >= 4 is 17.8 Å². The van der Waals surface area contributed by atoms with Crippen molar-refractivity contribution < 1.29 is 24.6 Å². The van der Waals surface area contributed by atoms with Crippen molar-refractivity contribution in [2.75, 3.05) is 13.1 Å². The Labute approximate surface area is 161 Å². The van der Waals surface area contributed by atoms with Crippen molar-refractivity contribution in [1.29, 1.82) is 0 Å². The average Bonchev–Trinajstić information content (AvgIpc) is 2.70. The van der Waals surface area contributed by atoms with Gasteiger partial charge in [-0.2, -0.15) is 0 Å². The van der Waals surface area contributed by atoms with Crippen LogP contribution in [0.1, 0.15) is 12.0 Å². The first kappa shape index (κ1) is 19.1. The number of benzene rings is 1. The molecule has 0 spiro atoms. The molecule has 0 atom stereocenters. The normalized spacial score (nSPS) is 14.1. The van der Waals surface area contributed by atoms with Gasteiger partial charge in [0.2, 0.25) is 0 Å². The topological polar surface area (TPSA) is 120 Å². The van der Waals surface area contributed by atoms with Gasteiger partial charge in [-0.15, -0.1) is 0 Å². The molecule has 1 aromatic heterocycles. The minimum atomic E-state index is -1.23. The number of carbonyl (C=O) groups is 3. The van der Waals surface area contributed by atoms with Gasteiger partial charge in [0.25, 0.3) is 11.8 Å². The Morgan fingerprint density at radius 2 is 1.89 bits per heavy atom. The molecule has 3 N–H and O–H groups in total. The molecule has 0 bridgehead atoms. The van der Waals surface area contributed by atoms with E-state index in [1.165, 1.54) is 4.90 Å². The maximum Gasteiger partial charge on any atom is 0.322 e. The van der Waals surface area contributed by atoms with Crippen LogP contribution in [0, 0.1) is 0 Å².